The molecule has 11 heavy (non-hydrogen) atoms. The van der Waals surface area contributed by atoms with Crippen LogP contribution in [0.4, 0.5) is 0 Å². The van der Waals surface area contributed by atoms with Crippen molar-refractivity contribution in [2.75, 3.05) is 20.1 Å². The molecule has 0 saturated heterocycles. The van der Waals surface area contributed by atoms with Crippen LogP contribution in [0.1, 0.15) is 13.3 Å². The van der Waals surface area contributed by atoms with Gasteiger partial charge in [-0.15, -0.1) is 11.8 Å². The zero-order valence-electron chi connectivity index (χ0n) is 6.92. The topological polar surface area (TPSA) is 40.5 Å². The second kappa shape index (κ2) is 5.75. The van der Waals surface area contributed by atoms with E-state index >= 15 is 0 Å². The van der Waals surface area contributed by atoms with Crippen LogP contribution in [-0.2, 0) is 4.79 Å². The van der Waals surface area contributed by atoms with Crippen LogP contribution >= 0.6 is 0 Å². The van der Waals surface area contributed by atoms with Crippen LogP contribution in [-0.4, -0.2) is 36.1 Å². The van der Waals surface area contributed by atoms with E-state index < -0.39 is 5.97 Å². The van der Waals surface area contributed by atoms with Gasteiger partial charge in [0.1, 0.15) is 0 Å². The van der Waals surface area contributed by atoms with Gasteiger partial charge in [0, 0.05) is 13.0 Å². The lowest BCUT2D eigenvalue weighted by Crippen LogP contribution is -2.26. The first kappa shape index (κ1) is 9.99. The first-order valence-electron chi connectivity index (χ1n) is 3.46. The summed E-state index contributed by atoms with van der Waals surface area (Å²) in [7, 11) is 1.77. The van der Waals surface area contributed by atoms with Crippen LogP contribution in [0.25, 0.3) is 0 Å². The largest absolute Gasteiger partial charge is 0.480 e. The summed E-state index contributed by atoms with van der Waals surface area (Å²) in [6, 6.07) is 0. The van der Waals surface area contributed by atoms with Crippen molar-refractivity contribution in [3.8, 4) is 11.8 Å². The highest BCUT2D eigenvalue weighted by atomic mass is 16.4. The fourth-order valence-corrected chi connectivity index (χ4v) is 0.682. The zero-order chi connectivity index (χ0) is 8.69. The van der Waals surface area contributed by atoms with Crippen molar-refractivity contribution >= 4 is 5.97 Å². The molecule has 0 saturated carbocycles. The van der Waals surface area contributed by atoms with Gasteiger partial charge in [0.15, 0.2) is 0 Å². The van der Waals surface area contributed by atoms with Crippen LogP contribution in [0, 0.1) is 11.8 Å². The average Bonchev–Trinajstić information content (AvgIpc) is 1.86. The van der Waals surface area contributed by atoms with E-state index in [1.807, 2.05) is 0 Å². The molecule has 0 fully saturated rings. The van der Waals surface area contributed by atoms with Crippen molar-refractivity contribution in [2.45, 2.75) is 13.3 Å². The number of nitrogens with zero attached hydrogens (tertiary/aromatic N) is 1. The van der Waals surface area contributed by atoms with Gasteiger partial charge in [-0.3, -0.25) is 9.69 Å². The summed E-state index contributed by atoms with van der Waals surface area (Å²) in [6.45, 7) is 2.58. The van der Waals surface area contributed by atoms with E-state index in [0.717, 1.165) is 6.42 Å². The molecule has 0 aliphatic heterocycles. The fourth-order valence-electron chi connectivity index (χ4n) is 0.682. The molecule has 3 nitrogen and oxygen atoms in total. The van der Waals surface area contributed by atoms with Gasteiger partial charge >= 0.3 is 5.97 Å². The molecule has 0 aromatic heterocycles. The van der Waals surface area contributed by atoms with Crippen LogP contribution in [0.3, 0.4) is 0 Å². The predicted octanol–water partition coefficient (Wildman–Crippen LogP) is 0.416. The van der Waals surface area contributed by atoms with Crippen LogP contribution < -0.4 is 0 Å². The van der Waals surface area contributed by atoms with Gasteiger partial charge in [0.2, 0.25) is 0 Å². The van der Waals surface area contributed by atoms with Crippen LogP contribution in [0.2, 0.25) is 0 Å². The molecule has 0 rings (SSSR count). The van der Waals surface area contributed by atoms with E-state index in [2.05, 4.69) is 11.8 Å². The highest BCUT2D eigenvalue weighted by molar-refractivity contribution is 5.68. The van der Waals surface area contributed by atoms with Gasteiger partial charge in [-0.2, -0.15) is 0 Å². The second-order valence-corrected chi connectivity index (χ2v) is 2.31. The van der Waals surface area contributed by atoms with Crippen molar-refractivity contribution in [1.82, 2.24) is 4.90 Å². The zero-order valence-corrected chi connectivity index (χ0v) is 6.92. The Bertz CT molecular complexity index is 178. The Morgan fingerprint density at radius 2 is 2.27 bits per heavy atom. The smallest absolute Gasteiger partial charge is 0.317 e. The molecule has 0 spiro atoms. The van der Waals surface area contributed by atoms with Crippen LogP contribution in [0.15, 0.2) is 0 Å². The Labute approximate surface area is 67.0 Å². The Morgan fingerprint density at radius 3 is 2.73 bits per heavy atom. The normalized spacial score (nSPS) is 9.00. The third-order valence-electron chi connectivity index (χ3n) is 1.20. The van der Waals surface area contributed by atoms with Crippen molar-refractivity contribution in [3.05, 3.63) is 0 Å². The van der Waals surface area contributed by atoms with E-state index in [0.29, 0.717) is 6.54 Å². The number of likely N-dealkylation sites (N-methyl/N-ethyl adjacent to an activating group) is 1. The number of carboxylic acids is 1. The summed E-state index contributed by atoms with van der Waals surface area (Å²) in [5, 5.41) is 8.36. The summed E-state index contributed by atoms with van der Waals surface area (Å²) in [5.41, 5.74) is 0. The lowest BCUT2D eigenvalue weighted by molar-refractivity contribution is -0.137. The molecule has 1 N–H and O–H groups in total. The Kier molecular flexibility index (Phi) is 5.22. The van der Waals surface area contributed by atoms with Gasteiger partial charge in [0.25, 0.3) is 0 Å². The molecule has 0 bridgehead atoms. The van der Waals surface area contributed by atoms with Crippen molar-refractivity contribution in [1.29, 1.82) is 0 Å². The molecule has 0 unspecified atom stereocenters. The van der Waals surface area contributed by atoms with Gasteiger partial charge in [-0.1, -0.05) is 0 Å². The van der Waals surface area contributed by atoms with Crippen molar-refractivity contribution in [2.24, 2.45) is 0 Å². The monoisotopic (exact) mass is 155 g/mol. The third-order valence-corrected chi connectivity index (χ3v) is 1.20. The molecule has 0 amide bonds. The lowest BCUT2D eigenvalue weighted by atomic mass is 10.4. The van der Waals surface area contributed by atoms with Crippen LogP contribution in [0.5, 0.6) is 0 Å². The van der Waals surface area contributed by atoms with Gasteiger partial charge in [-0.25, -0.2) is 0 Å². The van der Waals surface area contributed by atoms with E-state index in [1.165, 1.54) is 0 Å². The molecule has 0 aliphatic rings. The standard InChI is InChI=1S/C8H13NO2/c1-3-4-5-6-9(2)7-8(10)11/h5-7H2,1-2H3,(H,10,11). The Hall–Kier alpha value is -1.01. The second-order valence-electron chi connectivity index (χ2n) is 2.31. The Morgan fingerprint density at radius 1 is 1.64 bits per heavy atom. The van der Waals surface area contributed by atoms with Gasteiger partial charge < -0.3 is 5.11 Å². The fraction of sp³-hybridized carbons (Fsp3) is 0.625. The van der Waals surface area contributed by atoms with E-state index in [1.54, 1.807) is 18.9 Å². The van der Waals surface area contributed by atoms with E-state index in [-0.39, 0.29) is 6.54 Å². The molecule has 0 heterocycles. The maximum absolute atomic E-state index is 10.2. The van der Waals surface area contributed by atoms with Gasteiger partial charge in [0.05, 0.1) is 6.54 Å². The highest BCUT2D eigenvalue weighted by Crippen LogP contribution is 1.84. The number of rotatable bonds is 4. The third kappa shape index (κ3) is 6.88. The molecule has 0 atom stereocenters. The predicted molar refractivity (Wildman–Crippen MR) is 43.2 cm³/mol. The maximum Gasteiger partial charge on any atom is 0.317 e. The molecule has 0 aliphatic carbocycles. The minimum absolute atomic E-state index is 0.0887. The summed E-state index contributed by atoms with van der Waals surface area (Å²) in [6.07, 6.45) is 0.736. The van der Waals surface area contributed by atoms with E-state index in [4.69, 9.17) is 5.11 Å². The Balaban J connectivity index is 3.41. The SMILES string of the molecule is CC#CCCN(C)CC(=O)O. The molecular weight excluding hydrogens is 142 g/mol. The quantitative estimate of drug-likeness (QED) is 0.598. The first-order valence-corrected chi connectivity index (χ1v) is 3.46. The summed E-state index contributed by atoms with van der Waals surface area (Å²) in [4.78, 5) is 11.9. The van der Waals surface area contributed by atoms with Crippen molar-refractivity contribution in [3.63, 3.8) is 0 Å². The molecule has 3 heteroatoms. The summed E-state index contributed by atoms with van der Waals surface area (Å²) < 4.78 is 0. The number of hydrogen-bond donors (Lipinski definition) is 1. The average molecular weight is 155 g/mol. The van der Waals surface area contributed by atoms with E-state index in [9.17, 15) is 4.79 Å². The molecule has 0 aromatic rings. The first-order chi connectivity index (χ1) is 5.16. The summed E-state index contributed by atoms with van der Waals surface area (Å²) in [5.74, 6) is 4.83. The van der Waals surface area contributed by atoms with Crippen molar-refractivity contribution < 1.29 is 9.90 Å². The highest BCUT2D eigenvalue weighted by Gasteiger charge is 2.01. The number of aliphatic carboxylic acids is 1. The number of hydrogen-bond acceptors (Lipinski definition) is 2. The molecule has 62 valence electrons. The molecular formula is C8H13NO2. The molecule has 0 radical (unpaired) electrons. The maximum atomic E-state index is 10.2. The van der Waals surface area contributed by atoms with Gasteiger partial charge in [-0.05, 0) is 14.0 Å². The summed E-state index contributed by atoms with van der Waals surface area (Å²) >= 11 is 0. The lowest BCUT2D eigenvalue weighted by Gasteiger charge is -2.10. The minimum Gasteiger partial charge on any atom is -0.480 e. The number of carboxylic acid groups (broad SMARTS) is 1. The minimum atomic E-state index is -0.794. The molecule has 0 aromatic carbocycles. The number of carbonyl (C=O) groups is 1.